The number of carbonyl (C=O) groups excluding carboxylic acids is 3. The number of hydrogen-bond donors (Lipinski definition) is 1. The molecule has 0 saturated carbocycles. The highest BCUT2D eigenvalue weighted by Crippen LogP contribution is 2.07. The number of hydrogen-bond acceptors (Lipinski definition) is 3. The molecule has 0 saturated heterocycles. The number of nitrogens with one attached hydrogen (secondary N) is 1. The maximum absolute atomic E-state index is 12.2. The van der Waals surface area contributed by atoms with Crippen molar-refractivity contribution in [3.8, 4) is 0 Å². The molecule has 30 heavy (non-hydrogen) atoms. The van der Waals surface area contributed by atoms with Gasteiger partial charge in [0.15, 0.2) is 0 Å². The first-order valence-electron chi connectivity index (χ1n) is 11.8. The Kier molecular flexibility index (Phi) is 18.0. The number of carbonyl (C=O) groups is 3. The van der Waals surface area contributed by atoms with Crippen LogP contribution in [0.25, 0.3) is 0 Å². The van der Waals surface area contributed by atoms with E-state index in [1.807, 2.05) is 23.9 Å². The van der Waals surface area contributed by atoms with E-state index in [4.69, 9.17) is 0 Å². The van der Waals surface area contributed by atoms with Crippen LogP contribution in [0, 0.1) is 0 Å². The molecular formula is C24H45N3O3. The number of unbranched alkanes of at least 4 members (excludes halogenated alkanes) is 8. The van der Waals surface area contributed by atoms with E-state index in [9.17, 15) is 14.4 Å². The lowest BCUT2D eigenvalue weighted by atomic mass is 10.1. The molecule has 0 unspecified atom stereocenters. The van der Waals surface area contributed by atoms with Crippen molar-refractivity contribution < 1.29 is 14.4 Å². The quantitative estimate of drug-likeness (QED) is 0.251. The number of rotatable bonds is 18. The molecule has 174 valence electrons. The average Bonchev–Trinajstić information content (AvgIpc) is 2.72. The minimum Gasteiger partial charge on any atom is -0.349 e. The average molecular weight is 424 g/mol. The first kappa shape index (κ1) is 28.1. The second kappa shape index (κ2) is 19.1. The smallest absolute Gasteiger partial charge is 0.319 e. The number of Topliss-reactive ketones (excluding diaryl/α,β-unsaturated/α-hetero) is 1. The normalized spacial score (nSPS) is 10.9. The van der Waals surface area contributed by atoms with Crippen molar-refractivity contribution in [2.45, 2.75) is 90.9 Å². The Morgan fingerprint density at radius 3 is 1.87 bits per heavy atom. The summed E-state index contributed by atoms with van der Waals surface area (Å²) in [5.74, 6) is -0.0402. The van der Waals surface area contributed by atoms with Crippen molar-refractivity contribution >= 4 is 17.7 Å². The summed E-state index contributed by atoms with van der Waals surface area (Å²) in [5.41, 5.74) is 0. The zero-order valence-corrected chi connectivity index (χ0v) is 19.9. The van der Waals surface area contributed by atoms with E-state index in [0.717, 1.165) is 70.9 Å². The summed E-state index contributed by atoms with van der Waals surface area (Å²) in [6, 6.07) is 0.123. The molecule has 6 nitrogen and oxygen atoms in total. The van der Waals surface area contributed by atoms with Gasteiger partial charge >= 0.3 is 6.03 Å². The van der Waals surface area contributed by atoms with E-state index in [-0.39, 0.29) is 24.3 Å². The molecule has 0 fully saturated rings. The lowest BCUT2D eigenvalue weighted by Crippen LogP contribution is -2.39. The van der Waals surface area contributed by atoms with Gasteiger partial charge in [-0.15, -0.1) is 0 Å². The van der Waals surface area contributed by atoms with Crippen LogP contribution in [0.1, 0.15) is 90.9 Å². The predicted molar refractivity (Wildman–Crippen MR) is 125 cm³/mol. The zero-order valence-electron chi connectivity index (χ0n) is 19.9. The van der Waals surface area contributed by atoms with Crippen molar-refractivity contribution in [3.63, 3.8) is 0 Å². The zero-order chi connectivity index (χ0) is 22.6. The number of ketones is 1. The van der Waals surface area contributed by atoms with Gasteiger partial charge in [-0.3, -0.25) is 9.59 Å². The summed E-state index contributed by atoms with van der Waals surface area (Å²) in [7, 11) is 3.78. The van der Waals surface area contributed by atoms with Crippen LogP contribution in [0.5, 0.6) is 0 Å². The molecular weight excluding hydrogens is 378 g/mol. The van der Waals surface area contributed by atoms with Crippen LogP contribution >= 0.6 is 0 Å². The highest BCUT2D eigenvalue weighted by atomic mass is 16.2. The highest BCUT2D eigenvalue weighted by molar-refractivity contribution is 5.84. The molecule has 0 aromatic rings. The Labute approximate surface area is 184 Å². The summed E-state index contributed by atoms with van der Waals surface area (Å²) < 4.78 is 0. The van der Waals surface area contributed by atoms with E-state index in [1.54, 1.807) is 0 Å². The molecule has 0 aliphatic rings. The van der Waals surface area contributed by atoms with Crippen molar-refractivity contribution in [2.75, 3.05) is 33.7 Å². The van der Waals surface area contributed by atoms with Crippen LogP contribution < -0.4 is 5.32 Å². The molecule has 0 radical (unpaired) electrons. The molecule has 0 spiro atoms. The maximum atomic E-state index is 12.2. The van der Waals surface area contributed by atoms with Gasteiger partial charge in [0.2, 0.25) is 5.91 Å². The SMILES string of the molecule is CCCCCN(C)C(=O)N(C)CCCC/C=C\CCCCCCC(=O)NCC(C)=O. The van der Waals surface area contributed by atoms with Gasteiger partial charge in [-0.25, -0.2) is 4.79 Å². The predicted octanol–water partition coefficient (Wildman–Crippen LogP) is 4.93. The minimum atomic E-state index is -0.0272. The first-order valence-corrected chi connectivity index (χ1v) is 11.8. The number of urea groups is 1. The molecule has 0 rings (SSSR count). The second-order valence-electron chi connectivity index (χ2n) is 8.23. The molecule has 0 bridgehead atoms. The third-order valence-electron chi connectivity index (χ3n) is 5.09. The Morgan fingerprint density at radius 1 is 0.767 bits per heavy atom. The number of amides is 3. The molecule has 0 heterocycles. The minimum absolute atomic E-state index is 0.0129. The van der Waals surface area contributed by atoms with Gasteiger partial charge in [0.25, 0.3) is 0 Å². The fraction of sp³-hybridized carbons (Fsp3) is 0.792. The summed E-state index contributed by atoms with van der Waals surface area (Å²) in [5, 5.41) is 2.62. The molecule has 0 aromatic carbocycles. The molecule has 1 N–H and O–H groups in total. The van der Waals surface area contributed by atoms with E-state index in [2.05, 4.69) is 24.4 Å². The second-order valence-corrected chi connectivity index (χ2v) is 8.23. The van der Waals surface area contributed by atoms with Crippen molar-refractivity contribution in [1.82, 2.24) is 15.1 Å². The first-order chi connectivity index (χ1) is 14.4. The summed E-state index contributed by atoms with van der Waals surface area (Å²) in [4.78, 5) is 38.2. The van der Waals surface area contributed by atoms with Crippen LogP contribution in [0.2, 0.25) is 0 Å². The summed E-state index contributed by atoms with van der Waals surface area (Å²) in [6.07, 6.45) is 16.9. The Balaban J connectivity index is 3.55. The Morgan fingerprint density at radius 2 is 1.30 bits per heavy atom. The van der Waals surface area contributed by atoms with Crippen LogP contribution in [-0.4, -0.2) is 61.3 Å². The van der Waals surface area contributed by atoms with Crippen LogP contribution in [-0.2, 0) is 9.59 Å². The topological polar surface area (TPSA) is 69.7 Å². The Hall–Kier alpha value is -1.85. The maximum Gasteiger partial charge on any atom is 0.319 e. The molecule has 3 amide bonds. The third-order valence-corrected chi connectivity index (χ3v) is 5.09. The van der Waals surface area contributed by atoms with Gasteiger partial charge < -0.3 is 15.1 Å². The van der Waals surface area contributed by atoms with Crippen LogP contribution in [0.15, 0.2) is 12.2 Å². The van der Waals surface area contributed by atoms with Crippen molar-refractivity contribution in [3.05, 3.63) is 12.2 Å². The van der Waals surface area contributed by atoms with Gasteiger partial charge in [-0.1, -0.05) is 44.8 Å². The fourth-order valence-corrected chi connectivity index (χ4v) is 3.14. The molecule has 0 atom stereocenters. The highest BCUT2D eigenvalue weighted by Gasteiger charge is 2.12. The largest absolute Gasteiger partial charge is 0.349 e. The van der Waals surface area contributed by atoms with Crippen LogP contribution in [0.3, 0.4) is 0 Å². The molecule has 0 aliphatic carbocycles. The summed E-state index contributed by atoms with van der Waals surface area (Å²) >= 11 is 0. The lowest BCUT2D eigenvalue weighted by Gasteiger charge is -2.24. The lowest BCUT2D eigenvalue weighted by molar-refractivity contribution is -0.124. The van der Waals surface area contributed by atoms with Crippen molar-refractivity contribution in [1.29, 1.82) is 0 Å². The van der Waals surface area contributed by atoms with E-state index >= 15 is 0 Å². The van der Waals surface area contributed by atoms with Gasteiger partial charge in [0.05, 0.1) is 6.54 Å². The third kappa shape index (κ3) is 17.0. The number of nitrogens with zero attached hydrogens (tertiary/aromatic N) is 2. The summed E-state index contributed by atoms with van der Waals surface area (Å²) in [6.45, 7) is 5.44. The van der Waals surface area contributed by atoms with E-state index < -0.39 is 0 Å². The van der Waals surface area contributed by atoms with Gasteiger partial charge in [0.1, 0.15) is 5.78 Å². The van der Waals surface area contributed by atoms with E-state index in [0.29, 0.717) is 6.42 Å². The van der Waals surface area contributed by atoms with E-state index in [1.165, 1.54) is 19.8 Å². The van der Waals surface area contributed by atoms with Crippen LogP contribution in [0.4, 0.5) is 4.79 Å². The van der Waals surface area contributed by atoms with Gasteiger partial charge in [0, 0.05) is 33.6 Å². The standard InChI is InChI=1S/C24H45N3O3/c1-5-6-16-19-26(3)24(30)27(4)20-17-14-12-10-8-7-9-11-13-15-18-23(29)25-21-22(2)28/h8,10H,5-7,9,11-21H2,1-4H3,(H,25,29)/b10-8-. The fourth-order valence-electron chi connectivity index (χ4n) is 3.14. The molecule has 0 aromatic heterocycles. The van der Waals surface area contributed by atoms with Gasteiger partial charge in [-0.2, -0.15) is 0 Å². The monoisotopic (exact) mass is 423 g/mol. The molecule has 6 heteroatoms. The molecule has 0 aliphatic heterocycles. The van der Waals surface area contributed by atoms with Crippen molar-refractivity contribution in [2.24, 2.45) is 0 Å². The number of allylic oxidation sites excluding steroid dienone is 2. The van der Waals surface area contributed by atoms with Gasteiger partial charge in [-0.05, 0) is 51.9 Å². The Bertz CT molecular complexity index is 506.